The van der Waals surface area contributed by atoms with Gasteiger partial charge in [-0.1, -0.05) is 25.0 Å². The molecule has 28 heavy (non-hydrogen) atoms. The Balaban J connectivity index is 2.62. The summed E-state index contributed by atoms with van der Waals surface area (Å²) in [6.07, 6.45) is 3.25. The fraction of sp³-hybridized carbons (Fsp3) is 0.600. The van der Waals surface area contributed by atoms with Gasteiger partial charge in [0.25, 0.3) is 5.69 Å². The molecule has 0 fully saturated rings. The maximum atomic E-state index is 12.5. The van der Waals surface area contributed by atoms with Crippen molar-refractivity contribution in [1.29, 1.82) is 0 Å². The normalized spacial score (nSPS) is 11.0. The number of rotatable bonds is 10. The summed E-state index contributed by atoms with van der Waals surface area (Å²) in [5, 5.41) is 10.8. The second-order valence-electron chi connectivity index (χ2n) is 7.57. The predicted molar refractivity (Wildman–Crippen MR) is 105 cm³/mol. The molecule has 0 atom stereocenters. The molecule has 8 heteroatoms. The number of hydrogen-bond acceptors (Lipinski definition) is 6. The number of non-ortho nitro benzene ring substituents is 1. The van der Waals surface area contributed by atoms with Gasteiger partial charge in [-0.25, -0.2) is 4.79 Å². The Bertz CT molecular complexity index is 652. The van der Waals surface area contributed by atoms with Crippen LogP contribution >= 0.6 is 0 Å². The zero-order valence-corrected chi connectivity index (χ0v) is 17.1. The number of ether oxygens (including phenoxy) is 2. The van der Waals surface area contributed by atoms with Gasteiger partial charge in [-0.15, -0.1) is 0 Å². The molecule has 0 saturated carbocycles. The molecule has 0 saturated heterocycles. The highest BCUT2D eigenvalue weighted by molar-refractivity contribution is 5.69. The Kier molecular flexibility index (Phi) is 9.41. The summed E-state index contributed by atoms with van der Waals surface area (Å²) in [5.41, 5.74) is 0.200. The number of amides is 1. The lowest BCUT2D eigenvalue weighted by Crippen LogP contribution is -2.37. The lowest BCUT2D eigenvalue weighted by Gasteiger charge is -2.27. The molecule has 8 nitrogen and oxygen atoms in total. The van der Waals surface area contributed by atoms with Gasteiger partial charge in [0.05, 0.1) is 12.0 Å². The summed E-state index contributed by atoms with van der Waals surface area (Å²) in [6.45, 7) is 6.24. The first-order valence-corrected chi connectivity index (χ1v) is 9.40. The number of esters is 1. The van der Waals surface area contributed by atoms with E-state index in [2.05, 4.69) is 4.74 Å². The highest BCUT2D eigenvalue weighted by Gasteiger charge is 2.22. The van der Waals surface area contributed by atoms with Crippen LogP contribution in [0.3, 0.4) is 0 Å². The van der Waals surface area contributed by atoms with Crippen LogP contribution in [0.1, 0.15) is 58.4 Å². The van der Waals surface area contributed by atoms with E-state index in [1.54, 1.807) is 17.0 Å². The molecular formula is C20H30N2O6. The topological polar surface area (TPSA) is 99.0 Å². The van der Waals surface area contributed by atoms with Gasteiger partial charge in [0.2, 0.25) is 0 Å². The maximum Gasteiger partial charge on any atom is 0.410 e. The Hall–Kier alpha value is -2.64. The molecule has 0 N–H and O–H groups in total. The van der Waals surface area contributed by atoms with Gasteiger partial charge in [0.1, 0.15) is 5.60 Å². The molecule has 0 aliphatic rings. The number of benzene rings is 1. The molecule has 0 spiro atoms. The molecule has 1 amide bonds. The third-order valence-electron chi connectivity index (χ3n) is 3.96. The number of carbonyl (C=O) groups excluding carboxylic acids is 2. The van der Waals surface area contributed by atoms with Crippen LogP contribution in [0.2, 0.25) is 0 Å². The molecule has 1 aromatic rings. The summed E-state index contributed by atoms with van der Waals surface area (Å²) in [7, 11) is 1.37. The predicted octanol–water partition coefficient (Wildman–Crippen LogP) is 4.46. The fourth-order valence-electron chi connectivity index (χ4n) is 2.53. The second kappa shape index (κ2) is 11.3. The van der Waals surface area contributed by atoms with Crippen LogP contribution in [-0.4, -0.2) is 41.1 Å². The van der Waals surface area contributed by atoms with Crippen molar-refractivity contribution in [1.82, 2.24) is 4.90 Å². The highest BCUT2D eigenvalue weighted by atomic mass is 16.6. The minimum atomic E-state index is -0.606. The summed E-state index contributed by atoms with van der Waals surface area (Å²) in [4.78, 5) is 35.6. The van der Waals surface area contributed by atoms with Crippen molar-refractivity contribution >= 4 is 17.7 Å². The molecule has 0 heterocycles. The number of hydrogen-bond donors (Lipinski definition) is 0. The van der Waals surface area contributed by atoms with Crippen molar-refractivity contribution < 1.29 is 24.0 Å². The average Bonchev–Trinajstić information content (AvgIpc) is 2.62. The van der Waals surface area contributed by atoms with Crippen molar-refractivity contribution in [3.8, 4) is 0 Å². The average molecular weight is 394 g/mol. The number of methoxy groups -OCH3 is 1. The number of unbranched alkanes of at least 4 members (excludes halogenated alkanes) is 3. The van der Waals surface area contributed by atoms with E-state index in [4.69, 9.17) is 4.74 Å². The van der Waals surface area contributed by atoms with Crippen molar-refractivity contribution in [2.45, 2.75) is 65.0 Å². The molecule has 1 rings (SSSR count). The monoisotopic (exact) mass is 394 g/mol. The van der Waals surface area contributed by atoms with E-state index >= 15 is 0 Å². The lowest BCUT2D eigenvalue weighted by molar-refractivity contribution is -0.384. The summed E-state index contributed by atoms with van der Waals surface area (Å²) in [6, 6.07) is 6.14. The number of nitrogens with zero attached hydrogens (tertiary/aromatic N) is 2. The lowest BCUT2D eigenvalue weighted by atomic mass is 10.1. The van der Waals surface area contributed by atoms with Crippen molar-refractivity contribution in [2.24, 2.45) is 0 Å². The second-order valence-corrected chi connectivity index (χ2v) is 7.57. The minimum Gasteiger partial charge on any atom is -0.469 e. The molecule has 0 bridgehead atoms. The van der Waals surface area contributed by atoms with Crippen molar-refractivity contribution in [3.63, 3.8) is 0 Å². The smallest absolute Gasteiger partial charge is 0.410 e. The van der Waals surface area contributed by atoms with Crippen molar-refractivity contribution in [2.75, 3.05) is 13.7 Å². The fourth-order valence-corrected chi connectivity index (χ4v) is 2.53. The van der Waals surface area contributed by atoms with Crippen LogP contribution < -0.4 is 0 Å². The van der Waals surface area contributed by atoms with Gasteiger partial charge in [-0.3, -0.25) is 14.9 Å². The first-order valence-electron chi connectivity index (χ1n) is 9.40. The molecule has 0 aliphatic carbocycles. The van der Waals surface area contributed by atoms with Crippen molar-refractivity contribution in [3.05, 3.63) is 39.9 Å². The Labute approximate surface area is 166 Å². The van der Waals surface area contributed by atoms with Gasteiger partial charge in [-0.05, 0) is 39.2 Å². The summed E-state index contributed by atoms with van der Waals surface area (Å²) in [5.74, 6) is -0.214. The number of nitro groups is 1. The molecule has 0 aromatic heterocycles. The first-order chi connectivity index (χ1) is 13.1. The first kappa shape index (κ1) is 23.4. The van der Waals surface area contributed by atoms with E-state index in [-0.39, 0.29) is 11.7 Å². The largest absolute Gasteiger partial charge is 0.469 e. The highest BCUT2D eigenvalue weighted by Crippen LogP contribution is 2.17. The van der Waals surface area contributed by atoms with Crippen LogP contribution in [0.25, 0.3) is 0 Å². The van der Waals surface area contributed by atoms with E-state index in [0.29, 0.717) is 19.5 Å². The van der Waals surface area contributed by atoms with Crippen LogP contribution in [-0.2, 0) is 20.8 Å². The van der Waals surface area contributed by atoms with E-state index in [1.807, 2.05) is 20.8 Å². The van der Waals surface area contributed by atoms with Crippen LogP contribution in [0, 0.1) is 10.1 Å². The third kappa shape index (κ3) is 9.34. The quantitative estimate of drug-likeness (QED) is 0.251. The molecular weight excluding hydrogens is 364 g/mol. The number of carbonyl (C=O) groups is 2. The Morgan fingerprint density at radius 2 is 1.68 bits per heavy atom. The zero-order valence-electron chi connectivity index (χ0n) is 17.1. The van der Waals surface area contributed by atoms with Gasteiger partial charge >= 0.3 is 12.1 Å². The van der Waals surface area contributed by atoms with E-state index in [0.717, 1.165) is 31.2 Å². The number of nitro benzene ring substituents is 1. The molecule has 0 radical (unpaired) electrons. The van der Waals surface area contributed by atoms with Crippen LogP contribution in [0.4, 0.5) is 10.5 Å². The summed E-state index contributed by atoms with van der Waals surface area (Å²) < 4.78 is 10.1. The van der Waals surface area contributed by atoms with Crippen LogP contribution in [0.15, 0.2) is 24.3 Å². The van der Waals surface area contributed by atoms with Crippen LogP contribution in [0.5, 0.6) is 0 Å². The molecule has 1 aromatic carbocycles. The minimum absolute atomic E-state index is 0.0122. The molecule has 0 aliphatic heterocycles. The molecule has 156 valence electrons. The maximum absolute atomic E-state index is 12.5. The zero-order chi connectivity index (χ0) is 21.2. The van der Waals surface area contributed by atoms with Gasteiger partial charge in [0.15, 0.2) is 0 Å². The van der Waals surface area contributed by atoms with E-state index in [9.17, 15) is 19.7 Å². The summed E-state index contributed by atoms with van der Waals surface area (Å²) >= 11 is 0. The van der Waals surface area contributed by atoms with E-state index in [1.165, 1.54) is 19.2 Å². The standard InChI is InChI=1S/C20H30N2O6/c1-20(2,3)28-19(24)21(14-8-6-5-7-9-18(23)27-4)15-16-10-12-17(13-11-16)22(25)26/h10-13H,5-9,14-15H2,1-4H3. The third-order valence-corrected chi connectivity index (χ3v) is 3.96. The Morgan fingerprint density at radius 3 is 2.21 bits per heavy atom. The van der Waals surface area contributed by atoms with Gasteiger partial charge in [0, 0.05) is 31.6 Å². The van der Waals surface area contributed by atoms with Gasteiger partial charge in [-0.2, -0.15) is 0 Å². The van der Waals surface area contributed by atoms with E-state index < -0.39 is 16.6 Å². The Morgan fingerprint density at radius 1 is 1.07 bits per heavy atom. The SMILES string of the molecule is COC(=O)CCCCCCN(Cc1ccc([N+](=O)[O-])cc1)C(=O)OC(C)(C)C. The van der Waals surface area contributed by atoms with Gasteiger partial charge < -0.3 is 14.4 Å². The molecule has 0 unspecified atom stereocenters.